The summed E-state index contributed by atoms with van der Waals surface area (Å²) in [5.74, 6) is -1.64. The number of hydrogen-bond donors (Lipinski definition) is 1. The maximum absolute atomic E-state index is 12.0. The molecular weight excluding hydrogens is 265 g/mol. The van der Waals surface area contributed by atoms with Gasteiger partial charge in [-0.1, -0.05) is 0 Å². The van der Waals surface area contributed by atoms with E-state index in [2.05, 4.69) is 4.18 Å². The molecule has 0 saturated carbocycles. The molecule has 0 aliphatic heterocycles. The lowest BCUT2D eigenvalue weighted by atomic mass is 10.2. The van der Waals surface area contributed by atoms with Gasteiger partial charge in [-0.15, -0.1) is 0 Å². The summed E-state index contributed by atoms with van der Waals surface area (Å²) >= 11 is 0. The van der Waals surface area contributed by atoms with Crippen LogP contribution in [0.3, 0.4) is 0 Å². The van der Waals surface area contributed by atoms with Gasteiger partial charge in [0.25, 0.3) is 0 Å². The number of hydrogen-bond acceptors (Lipinski definition) is 4. The molecule has 9 heteroatoms. The monoisotopic (exact) mass is 274 g/mol. The zero-order chi connectivity index (χ0) is 13.3. The van der Waals surface area contributed by atoms with Crippen LogP contribution in [0.2, 0.25) is 0 Å². The molecular formula is C8H9F3O5S. The van der Waals surface area contributed by atoms with E-state index in [9.17, 15) is 26.4 Å². The molecule has 1 N–H and O–H groups in total. The van der Waals surface area contributed by atoms with E-state index < -0.39 is 33.8 Å². The van der Waals surface area contributed by atoms with Crippen LogP contribution in [-0.2, 0) is 19.1 Å². The number of rotatable bonds is 4. The zero-order valence-corrected chi connectivity index (χ0v) is 9.27. The van der Waals surface area contributed by atoms with Crippen LogP contribution in [0.5, 0.6) is 0 Å². The van der Waals surface area contributed by atoms with Gasteiger partial charge in [-0.25, -0.2) is 0 Å². The van der Waals surface area contributed by atoms with E-state index in [1.807, 2.05) is 0 Å². The molecule has 0 spiro atoms. The quantitative estimate of drug-likeness (QED) is 0.624. The van der Waals surface area contributed by atoms with E-state index in [1.165, 1.54) is 0 Å². The summed E-state index contributed by atoms with van der Waals surface area (Å²) in [6.45, 7) is 0. The Bertz CT molecular complexity index is 448. The van der Waals surface area contributed by atoms with Gasteiger partial charge in [-0.3, -0.25) is 4.79 Å². The van der Waals surface area contributed by atoms with E-state index >= 15 is 0 Å². The number of carboxylic acids is 1. The van der Waals surface area contributed by atoms with Crippen molar-refractivity contribution >= 4 is 16.1 Å². The average molecular weight is 274 g/mol. The van der Waals surface area contributed by atoms with Crippen molar-refractivity contribution in [3.05, 3.63) is 11.3 Å². The largest absolute Gasteiger partial charge is 0.534 e. The molecule has 17 heavy (non-hydrogen) atoms. The van der Waals surface area contributed by atoms with Gasteiger partial charge in [0.05, 0.1) is 6.42 Å². The highest BCUT2D eigenvalue weighted by atomic mass is 32.2. The molecule has 0 unspecified atom stereocenters. The maximum atomic E-state index is 12.0. The van der Waals surface area contributed by atoms with Gasteiger partial charge < -0.3 is 9.29 Å². The Kier molecular flexibility index (Phi) is 3.70. The van der Waals surface area contributed by atoms with Crippen LogP contribution < -0.4 is 0 Å². The van der Waals surface area contributed by atoms with Gasteiger partial charge in [0.15, 0.2) is 0 Å². The Labute approximate surface area is 95.0 Å². The first kappa shape index (κ1) is 13.8. The van der Waals surface area contributed by atoms with Crippen LogP contribution in [0, 0.1) is 0 Å². The molecule has 0 aromatic rings. The lowest BCUT2D eigenvalue weighted by Gasteiger charge is -2.11. The van der Waals surface area contributed by atoms with Crippen LogP contribution in [0.15, 0.2) is 11.3 Å². The summed E-state index contributed by atoms with van der Waals surface area (Å²) in [7, 11) is -5.70. The highest BCUT2D eigenvalue weighted by molar-refractivity contribution is 7.87. The minimum atomic E-state index is -5.70. The molecule has 0 aromatic carbocycles. The number of halogens is 3. The fourth-order valence-corrected chi connectivity index (χ4v) is 1.99. The van der Waals surface area contributed by atoms with E-state index in [1.54, 1.807) is 0 Å². The van der Waals surface area contributed by atoms with Gasteiger partial charge in [0.2, 0.25) is 0 Å². The normalized spacial score (nSPS) is 17.4. The third-order valence-electron chi connectivity index (χ3n) is 2.14. The molecule has 0 aromatic heterocycles. The second-order valence-electron chi connectivity index (χ2n) is 3.43. The summed E-state index contributed by atoms with van der Waals surface area (Å²) in [4.78, 5) is 10.4. The van der Waals surface area contributed by atoms with Crippen LogP contribution in [0.25, 0.3) is 0 Å². The summed E-state index contributed by atoms with van der Waals surface area (Å²) in [6.07, 6.45) is 0.0982. The fourth-order valence-electron chi connectivity index (χ4n) is 1.43. The predicted octanol–water partition coefficient (Wildman–Crippen LogP) is 1.77. The van der Waals surface area contributed by atoms with Crippen LogP contribution in [-0.4, -0.2) is 25.0 Å². The Balaban J connectivity index is 2.91. The Morgan fingerprint density at radius 2 is 1.94 bits per heavy atom. The van der Waals surface area contributed by atoms with Gasteiger partial charge in [-0.05, 0) is 18.4 Å². The van der Waals surface area contributed by atoms with Crippen molar-refractivity contribution in [3.63, 3.8) is 0 Å². The van der Waals surface area contributed by atoms with Crippen LogP contribution in [0.4, 0.5) is 13.2 Å². The number of allylic oxidation sites excluding steroid dienone is 1. The van der Waals surface area contributed by atoms with Crippen molar-refractivity contribution in [3.8, 4) is 0 Å². The summed E-state index contributed by atoms with van der Waals surface area (Å²) in [5, 5.41) is 8.49. The topological polar surface area (TPSA) is 80.7 Å². The smallest absolute Gasteiger partial charge is 0.481 e. The van der Waals surface area contributed by atoms with Crippen LogP contribution >= 0.6 is 0 Å². The average Bonchev–Trinajstić information content (AvgIpc) is 2.48. The minimum Gasteiger partial charge on any atom is -0.481 e. The Hall–Kier alpha value is -1.25. The SMILES string of the molecule is O=C(O)CC1=C(OS(=O)(=O)C(F)(F)F)CCC1. The highest BCUT2D eigenvalue weighted by Crippen LogP contribution is 2.34. The number of aliphatic carboxylic acids is 1. The third-order valence-corrected chi connectivity index (χ3v) is 3.12. The van der Waals surface area contributed by atoms with Gasteiger partial charge >= 0.3 is 21.6 Å². The molecule has 0 radical (unpaired) electrons. The standard InChI is InChI=1S/C8H9F3O5S/c9-8(10,11)17(14,15)16-6-3-1-2-5(6)4-7(12)13/h1-4H2,(H,12,13). The second kappa shape index (κ2) is 4.55. The first-order valence-corrected chi connectivity index (χ1v) is 5.98. The van der Waals surface area contributed by atoms with Crippen molar-refractivity contribution in [2.45, 2.75) is 31.2 Å². The van der Waals surface area contributed by atoms with Crippen molar-refractivity contribution in [1.82, 2.24) is 0 Å². The molecule has 1 rings (SSSR count). The molecule has 1 aliphatic carbocycles. The third kappa shape index (κ3) is 3.35. The van der Waals surface area contributed by atoms with E-state index in [0.29, 0.717) is 6.42 Å². The maximum Gasteiger partial charge on any atom is 0.534 e. The van der Waals surface area contributed by atoms with Crippen LogP contribution in [0.1, 0.15) is 25.7 Å². The molecule has 98 valence electrons. The molecule has 1 aliphatic rings. The van der Waals surface area contributed by atoms with Crippen molar-refractivity contribution in [2.75, 3.05) is 0 Å². The van der Waals surface area contributed by atoms with Crippen molar-refractivity contribution in [1.29, 1.82) is 0 Å². The van der Waals surface area contributed by atoms with Crippen molar-refractivity contribution < 1.29 is 35.7 Å². The number of alkyl halides is 3. The molecule has 0 heterocycles. The zero-order valence-electron chi connectivity index (χ0n) is 8.45. The number of carboxylic acid groups (broad SMARTS) is 1. The van der Waals surface area contributed by atoms with Gasteiger partial charge in [0.1, 0.15) is 5.76 Å². The molecule has 5 nitrogen and oxygen atoms in total. The van der Waals surface area contributed by atoms with E-state index in [4.69, 9.17) is 5.11 Å². The summed E-state index contributed by atoms with van der Waals surface area (Å²) in [6, 6.07) is 0. The van der Waals surface area contributed by atoms with Gasteiger partial charge in [-0.2, -0.15) is 21.6 Å². The molecule has 0 amide bonds. The van der Waals surface area contributed by atoms with Gasteiger partial charge in [0, 0.05) is 6.42 Å². The minimum absolute atomic E-state index is 0.00206. The summed E-state index contributed by atoms with van der Waals surface area (Å²) < 4.78 is 61.4. The van der Waals surface area contributed by atoms with E-state index in [-0.39, 0.29) is 18.4 Å². The summed E-state index contributed by atoms with van der Waals surface area (Å²) in [5.41, 5.74) is -5.41. The Morgan fingerprint density at radius 1 is 1.35 bits per heavy atom. The fraction of sp³-hybridized carbons (Fsp3) is 0.625. The highest BCUT2D eigenvalue weighted by Gasteiger charge is 2.49. The molecule has 0 bridgehead atoms. The molecule has 0 saturated heterocycles. The number of carbonyl (C=O) groups is 1. The Morgan fingerprint density at radius 3 is 2.41 bits per heavy atom. The predicted molar refractivity (Wildman–Crippen MR) is 49.2 cm³/mol. The molecule has 0 atom stereocenters. The second-order valence-corrected chi connectivity index (χ2v) is 4.97. The lowest BCUT2D eigenvalue weighted by Crippen LogP contribution is -2.25. The van der Waals surface area contributed by atoms with E-state index in [0.717, 1.165) is 0 Å². The molecule has 0 fully saturated rings. The first-order valence-electron chi connectivity index (χ1n) is 4.57. The lowest BCUT2D eigenvalue weighted by molar-refractivity contribution is -0.136. The van der Waals surface area contributed by atoms with Crippen molar-refractivity contribution in [2.24, 2.45) is 0 Å². The first-order chi connectivity index (χ1) is 7.63.